The fraction of sp³-hybridized carbons (Fsp3) is 0.312. The molecule has 120 valence electrons. The Balaban J connectivity index is 1.71. The van der Waals surface area contributed by atoms with Crippen molar-refractivity contribution in [3.05, 3.63) is 41.3 Å². The van der Waals surface area contributed by atoms with Crippen LogP contribution in [-0.4, -0.2) is 39.2 Å². The second-order valence-electron chi connectivity index (χ2n) is 5.55. The van der Waals surface area contributed by atoms with Crippen molar-refractivity contribution in [2.24, 2.45) is 11.7 Å². The van der Waals surface area contributed by atoms with Crippen molar-refractivity contribution in [1.82, 2.24) is 14.3 Å². The lowest BCUT2D eigenvalue weighted by atomic mass is 9.96. The van der Waals surface area contributed by atoms with Gasteiger partial charge in [0.25, 0.3) is 0 Å². The number of primary amides is 1. The van der Waals surface area contributed by atoms with Crippen LogP contribution in [0.2, 0.25) is 5.15 Å². The van der Waals surface area contributed by atoms with E-state index in [9.17, 15) is 9.59 Å². The summed E-state index contributed by atoms with van der Waals surface area (Å²) in [5.41, 5.74) is 6.70. The Morgan fingerprint density at radius 2 is 2.04 bits per heavy atom. The van der Waals surface area contributed by atoms with Crippen LogP contribution < -0.4 is 5.73 Å². The molecular formula is C16H17ClN4O2. The molecule has 0 saturated carbocycles. The number of carbonyl (C=O) groups is 2. The zero-order valence-corrected chi connectivity index (χ0v) is 13.2. The summed E-state index contributed by atoms with van der Waals surface area (Å²) >= 11 is 6.13. The van der Waals surface area contributed by atoms with Gasteiger partial charge in [0.05, 0.1) is 5.69 Å². The maximum Gasteiger partial charge on any atom is 0.246 e. The third-order valence-electron chi connectivity index (χ3n) is 4.11. The smallest absolute Gasteiger partial charge is 0.246 e. The van der Waals surface area contributed by atoms with E-state index < -0.39 is 0 Å². The van der Waals surface area contributed by atoms with E-state index in [0.717, 1.165) is 5.65 Å². The molecule has 1 aliphatic heterocycles. The van der Waals surface area contributed by atoms with E-state index in [1.807, 2.05) is 28.8 Å². The van der Waals surface area contributed by atoms with Crippen LogP contribution in [-0.2, 0) is 9.59 Å². The van der Waals surface area contributed by atoms with E-state index in [-0.39, 0.29) is 17.7 Å². The Morgan fingerprint density at radius 3 is 2.74 bits per heavy atom. The Labute approximate surface area is 138 Å². The monoisotopic (exact) mass is 332 g/mol. The van der Waals surface area contributed by atoms with Crippen LogP contribution in [0.4, 0.5) is 0 Å². The van der Waals surface area contributed by atoms with Gasteiger partial charge in [-0.05, 0) is 31.1 Å². The van der Waals surface area contributed by atoms with Crippen molar-refractivity contribution in [2.45, 2.75) is 12.8 Å². The summed E-state index contributed by atoms with van der Waals surface area (Å²) in [6.45, 7) is 1.08. The van der Waals surface area contributed by atoms with E-state index in [0.29, 0.717) is 36.8 Å². The molecule has 0 atom stereocenters. The largest absolute Gasteiger partial charge is 0.369 e. The highest BCUT2D eigenvalue weighted by Crippen LogP contribution is 2.20. The fourth-order valence-electron chi connectivity index (χ4n) is 2.78. The molecule has 7 heteroatoms. The summed E-state index contributed by atoms with van der Waals surface area (Å²) in [7, 11) is 0. The van der Waals surface area contributed by atoms with Crippen LogP contribution in [0.5, 0.6) is 0 Å². The van der Waals surface area contributed by atoms with Gasteiger partial charge in [-0.3, -0.25) is 14.0 Å². The summed E-state index contributed by atoms with van der Waals surface area (Å²) in [4.78, 5) is 29.4. The van der Waals surface area contributed by atoms with Crippen LogP contribution in [0, 0.1) is 5.92 Å². The van der Waals surface area contributed by atoms with E-state index in [2.05, 4.69) is 4.98 Å². The average Bonchev–Trinajstić information content (AvgIpc) is 2.88. The van der Waals surface area contributed by atoms with Gasteiger partial charge in [0.2, 0.25) is 11.8 Å². The molecule has 1 fully saturated rings. The molecular weight excluding hydrogens is 316 g/mol. The van der Waals surface area contributed by atoms with Crippen LogP contribution in [0.3, 0.4) is 0 Å². The number of likely N-dealkylation sites (tertiary alicyclic amines) is 1. The molecule has 0 unspecified atom stereocenters. The van der Waals surface area contributed by atoms with Crippen molar-refractivity contribution in [3.8, 4) is 0 Å². The van der Waals surface area contributed by atoms with Crippen molar-refractivity contribution in [2.75, 3.05) is 13.1 Å². The minimum absolute atomic E-state index is 0.102. The number of pyridine rings is 1. The first-order chi connectivity index (χ1) is 11.1. The standard InChI is InChI=1S/C16H17ClN4O2/c17-15-12(21-8-2-1-3-13(21)19-15)4-5-14(22)20-9-6-11(7-10-20)16(18)23/h1-5,8,11H,6-7,9-10H2,(H2,18,23). The third-order valence-corrected chi connectivity index (χ3v) is 4.39. The number of amides is 2. The Hall–Kier alpha value is -2.34. The van der Waals surface area contributed by atoms with Gasteiger partial charge < -0.3 is 10.6 Å². The molecule has 0 radical (unpaired) electrons. The minimum Gasteiger partial charge on any atom is -0.369 e. The van der Waals surface area contributed by atoms with Gasteiger partial charge in [-0.15, -0.1) is 0 Å². The number of halogens is 1. The number of hydrogen-bond acceptors (Lipinski definition) is 3. The Morgan fingerprint density at radius 1 is 1.30 bits per heavy atom. The molecule has 2 amide bonds. The SMILES string of the molecule is NC(=O)C1CCN(C(=O)C=Cc2c(Cl)nc3ccccn23)CC1. The molecule has 3 rings (SSSR count). The van der Waals surface area contributed by atoms with E-state index in [4.69, 9.17) is 17.3 Å². The number of imidazole rings is 1. The maximum atomic E-state index is 12.3. The number of rotatable bonds is 3. The maximum absolute atomic E-state index is 12.3. The molecule has 6 nitrogen and oxygen atoms in total. The van der Waals surface area contributed by atoms with Gasteiger partial charge in [-0.2, -0.15) is 0 Å². The topological polar surface area (TPSA) is 80.7 Å². The van der Waals surface area contributed by atoms with Gasteiger partial charge in [-0.1, -0.05) is 17.7 Å². The van der Waals surface area contributed by atoms with E-state index in [1.54, 1.807) is 11.0 Å². The Bertz CT molecular complexity index is 775. The van der Waals surface area contributed by atoms with Gasteiger partial charge in [0, 0.05) is 31.3 Å². The number of hydrogen-bond donors (Lipinski definition) is 1. The minimum atomic E-state index is -0.287. The van der Waals surface area contributed by atoms with Gasteiger partial charge in [-0.25, -0.2) is 4.98 Å². The fourth-order valence-corrected chi connectivity index (χ4v) is 3.02. The molecule has 3 heterocycles. The summed E-state index contributed by atoms with van der Waals surface area (Å²) in [6.07, 6.45) is 6.24. The number of carbonyl (C=O) groups excluding carboxylic acids is 2. The quantitative estimate of drug-likeness (QED) is 0.869. The highest BCUT2D eigenvalue weighted by atomic mass is 35.5. The molecule has 1 aliphatic rings. The summed E-state index contributed by atoms with van der Waals surface area (Å²) < 4.78 is 1.82. The molecule has 1 saturated heterocycles. The van der Waals surface area contributed by atoms with Crippen LogP contribution in [0.15, 0.2) is 30.5 Å². The van der Waals surface area contributed by atoms with Gasteiger partial charge in [0.15, 0.2) is 5.15 Å². The molecule has 23 heavy (non-hydrogen) atoms. The summed E-state index contributed by atoms with van der Waals surface area (Å²) in [6, 6.07) is 5.60. The Kier molecular flexibility index (Phi) is 4.34. The zero-order valence-electron chi connectivity index (χ0n) is 12.5. The number of piperidine rings is 1. The normalized spacial score (nSPS) is 16.3. The van der Waals surface area contributed by atoms with E-state index in [1.165, 1.54) is 6.08 Å². The van der Waals surface area contributed by atoms with Crippen molar-refractivity contribution in [1.29, 1.82) is 0 Å². The first-order valence-electron chi connectivity index (χ1n) is 7.45. The van der Waals surface area contributed by atoms with Gasteiger partial charge in [0.1, 0.15) is 5.65 Å². The van der Waals surface area contributed by atoms with Crippen molar-refractivity contribution >= 4 is 35.1 Å². The lowest BCUT2D eigenvalue weighted by Gasteiger charge is -2.29. The number of nitrogens with zero attached hydrogens (tertiary/aromatic N) is 3. The summed E-state index contributed by atoms with van der Waals surface area (Å²) in [5, 5.41) is 0.354. The first kappa shape index (κ1) is 15.6. The second-order valence-corrected chi connectivity index (χ2v) is 5.91. The highest BCUT2D eigenvalue weighted by molar-refractivity contribution is 6.31. The molecule has 2 aromatic heterocycles. The molecule has 0 bridgehead atoms. The predicted molar refractivity (Wildman–Crippen MR) is 87.7 cm³/mol. The van der Waals surface area contributed by atoms with Crippen molar-refractivity contribution < 1.29 is 9.59 Å². The molecule has 0 spiro atoms. The third kappa shape index (κ3) is 3.22. The number of nitrogens with two attached hydrogens (primary N) is 1. The van der Waals surface area contributed by atoms with Gasteiger partial charge >= 0.3 is 0 Å². The highest BCUT2D eigenvalue weighted by Gasteiger charge is 2.24. The molecule has 0 aromatic carbocycles. The molecule has 0 aliphatic carbocycles. The number of fused-ring (bicyclic) bond motifs is 1. The van der Waals surface area contributed by atoms with Crippen LogP contribution >= 0.6 is 11.6 Å². The van der Waals surface area contributed by atoms with E-state index >= 15 is 0 Å². The molecule has 2 N–H and O–H groups in total. The lowest BCUT2D eigenvalue weighted by molar-refractivity contribution is -0.130. The second kappa shape index (κ2) is 6.42. The number of aromatic nitrogens is 2. The zero-order chi connectivity index (χ0) is 16.4. The summed E-state index contributed by atoms with van der Waals surface area (Å²) in [5.74, 6) is -0.517. The average molecular weight is 333 g/mol. The first-order valence-corrected chi connectivity index (χ1v) is 7.83. The lowest BCUT2D eigenvalue weighted by Crippen LogP contribution is -2.41. The van der Waals surface area contributed by atoms with Crippen molar-refractivity contribution in [3.63, 3.8) is 0 Å². The van der Waals surface area contributed by atoms with Crippen LogP contribution in [0.25, 0.3) is 11.7 Å². The van der Waals surface area contributed by atoms with Crippen LogP contribution in [0.1, 0.15) is 18.5 Å². The molecule has 2 aromatic rings. The predicted octanol–water partition coefficient (Wildman–Crippen LogP) is 1.72.